The predicted molar refractivity (Wildman–Crippen MR) is 70.6 cm³/mol. The second-order valence-corrected chi connectivity index (χ2v) is 3.38. The quantitative estimate of drug-likeness (QED) is 0.810. The fourth-order valence-corrected chi connectivity index (χ4v) is 1.29. The van der Waals surface area contributed by atoms with Crippen LogP contribution in [-0.4, -0.2) is 26.1 Å². The molecule has 0 atom stereocenters. The van der Waals surface area contributed by atoms with E-state index < -0.39 is 0 Å². The molecular formula is C12H19ClN2O2. The Hall–Kier alpha value is -1.26. The van der Waals surface area contributed by atoms with Crippen molar-refractivity contribution in [3.63, 3.8) is 0 Å². The van der Waals surface area contributed by atoms with Crippen molar-refractivity contribution in [3.8, 4) is 5.75 Å². The number of likely N-dealkylation sites (N-methyl/N-ethyl adjacent to an activating group) is 1. The monoisotopic (exact) mass is 258 g/mol. The molecule has 0 aliphatic rings. The van der Waals surface area contributed by atoms with Crippen molar-refractivity contribution >= 4 is 18.3 Å². The molecule has 1 rings (SSSR count). The Kier molecular flexibility index (Phi) is 8.19. The number of benzene rings is 1. The lowest BCUT2D eigenvalue weighted by Gasteiger charge is -2.06. The van der Waals surface area contributed by atoms with Crippen LogP contribution in [0.4, 0.5) is 0 Å². The molecule has 4 nitrogen and oxygen atoms in total. The average Bonchev–Trinajstić information content (AvgIpc) is 2.29. The van der Waals surface area contributed by atoms with Crippen molar-refractivity contribution in [2.24, 2.45) is 0 Å². The lowest BCUT2D eigenvalue weighted by Crippen LogP contribution is -2.31. The molecule has 5 heteroatoms. The van der Waals surface area contributed by atoms with Crippen molar-refractivity contribution in [2.45, 2.75) is 13.5 Å². The lowest BCUT2D eigenvalue weighted by atomic mass is 10.2. The van der Waals surface area contributed by atoms with E-state index >= 15 is 0 Å². The van der Waals surface area contributed by atoms with Gasteiger partial charge in [-0.05, 0) is 31.7 Å². The molecule has 0 saturated heterocycles. The number of carbonyl (C=O) groups excluding carboxylic acids is 1. The maximum atomic E-state index is 11.2. The molecule has 0 aliphatic heterocycles. The Balaban J connectivity index is 0.00000256. The summed E-state index contributed by atoms with van der Waals surface area (Å²) in [4.78, 5) is 11.2. The van der Waals surface area contributed by atoms with Crippen LogP contribution < -0.4 is 15.4 Å². The smallest absolute Gasteiger partial charge is 0.234 e. The maximum Gasteiger partial charge on any atom is 0.234 e. The van der Waals surface area contributed by atoms with E-state index in [9.17, 15) is 4.79 Å². The first kappa shape index (κ1) is 15.7. The molecular weight excluding hydrogens is 240 g/mol. The normalized spacial score (nSPS) is 9.29. The molecule has 17 heavy (non-hydrogen) atoms. The van der Waals surface area contributed by atoms with Crippen LogP contribution in [0, 0.1) is 0 Å². The van der Waals surface area contributed by atoms with E-state index in [-0.39, 0.29) is 18.3 Å². The van der Waals surface area contributed by atoms with Gasteiger partial charge in [-0.2, -0.15) is 0 Å². The average molecular weight is 259 g/mol. The van der Waals surface area contributed by atoms with Crippen molar-refractivity contribution in [3.05, 3.63) is 29.8 Å². The number of hydrogen-bond acceptors (Lipinski definition) is 3. The van der Waals surface area contributed by atoms with Gasteiger partial charge < -0.3 is 15.4 Å². The van der Waals surface area contributed by atoms with E-state index in [1.165, 1.54) is 0 Å². The third kappa shape index (κ3) is 6.14. The maximum absolute atomic E-state index is 11.2. The van der Waals surface area contributed by atoms with Crippen molar-refractivity contribution in [1.82, 2.24) is 10.6 Å². The van der Waals surface area contributed by atoms with Gasteiger partial charge in [-0.25, -0.2) is 0 Å². The molecule has 0 bridgehead atoms. The fraction of sp³-hybridized carbons (Fsp3) is 0.417. The summed E-state index contributed by atoms with van der Waals surface area (Å²) in [7, 11) is 1.75. The molecule has 1 amide bonds. The fourth-order valence-electron chi connectivity index (χ4n) is 1.29. The highest BCUT2D eigenvalue weighted by atomic mass is 35.5. The molecule has 1 aromatic rings. The predicted octanol–water partition coefficient (Wildman–Crippen LogP) is 1.34. The zero-order chi connectivity index (χ0) is 11.8. The van der Waals surface area contributed by atoms with E-state index in [4.69, 9.17) is 4.74 Å². The number of ether oxygens (including phenoxy) is 1. The van der Waals surface area contributed by atoms with Gasteiger partial charge in [-0.15, -0.1) is 12.4 Å². The van der Waals surface area contributed by atoms with E-state index in [0.717, 1.165) is 11.3 Å². The summed E-state index contributed by atoms with van der Waals surface area (Å²) in [5.41, 5.74) is 1.06. The second-order valence-electron chi connectivity index (χ2n) is 3.38. The first-order valence-electron chi connectivity index (χ1n) is 5.39. The van der Waals surface area contributed by atoms with Crippen LogP contribution in [0.25, 0.3) is 0 Å². The summed E-state index contributed by atoms with van der Waals surface area (Å²) in [5.74, 6) is 0.851. The largest absolute Gasteiger partial charge is 0.494 e. The molecule has 1 aromatic carbocycles. The Labute approximate surface area is 108 Å². The summed E-state index contributed by atoms with van der Waals surface area (Å²) < 4.78 is 5.33. The van der Waals surface area contributed by atoms with Gasteiger partial charge in [0, 0.05) is 6.54 Å². The lowest BCUT2D eigenvalue weighted by molar-refractivity contribution is -0.120. The number of rotatable bonds is 6. The standard InChI is InChI=1S/C12H18N2O2.ClH/c1-3-16-11-6-4-10(5-7-11)8-14-12(15)9-13-2;/h4-7,13H,3,8-9H2,1-2H3,(H,14,15);1H. The topological polar surface area (TPSA) is 50.4 Å². The van der Waals surface area contributed by atoms with Crippen molar-refractivity contribution in [1.29, 1.82) is 0 Å². The Morgan fingerprint density at radius 1 is 1.29 bits per heavy atom. The van der Waals surface area contributed by atoms with Crippen LogP contribution in [0.2, 0.25) is 0 Å². The molecule has 2 N–H and O–H groups in total. The van der Waals surface area contributed by atoms with Gasteiger partial charge in [0.15, 0.2) is 0 Å². The Morgan fingerprint density at radius 3 is 2.47 bits per heavy atom. The molecule has 0 aromatic heterocycles. The molecule has 0 heterocycles. The highest BCUT2D eigenvalue weighted by Crippen LogP contribution is 2.11. The number of amides is 1. The zero-order valence-electron chi connectivity index (χ0n) is 10.2. The second kappa shape index (κ2) is 8.84. The van der Waals surface area contributed by atoms with E-state index in [1.807, 2.05) is 31.2 Å². The van der Waals surface area contributed by atoms with Crippen molar-refractivity contribution < 1.29 is 9.53 Å². The molecule has 0 saturated carbocycles. The zero-order valence-corrected chi connectivity index (χ0v) is 11.0. The third-order valence-corrected chi connectivity index (χ3v) is 2.06. The van der Waals surface area contributed by atoms with Gasteiger partial charge in [-0.3, -0.25) is 4.79 Å². The van der Waals surface area contributed by atoms with Crippen LogP contribution in [0.3, 0.4) is 0 Å². The summed E-state index contributed by atoms with van der Waals surface area (Å²) in [6.07, 6.45) is 0. The van der Waals surface area contributed by atoms with Gasteiger partial charge in [0.2, 0.25) is 5.91 Å². The van der Waals surface area contributed by atoms with Crippen molar-refractivity contribution in [2.75, 3.05) is 20.2 Å². The highest BCUT2D eigenvalue weighted by Gasteiger charge is 1.99. The first-order valence-corrected chi connectivity index (χ1v) is 5.39. The van der Waals surface area contributed by atoms with Crippen LogP contribution >= 0.6 is 12.4 Å². The molecule has 0 fully saturated rings. The number of carbonyl (C=O) groups is 1. The summed E-state index contributed by atoms with van der Waals surface area (Å²) in [6.45, 7) is 3.51. The van der Waals surface area contributed by atoms with E-state index in [1.54, 1.807) is 7.05 Å². The Bertz CT molecular complexity index is 328. The minimum Gasteiger partial charge on any atom is -0.494 e. The van der Waals surface area contributed by atoms with E-state index in [2.05, 4.69) is 10.6 Å². The molecule has 0 spiro atoms. The van der Waals surface area contributed by atoms with Gasteiger partial charge in [0.05, 0.1) is 13.2 Å². The SMILES string of the molecule is CCOc1ccc(CNC(=O)CNC)cc1.Cl. The molecule has 0 aliphatic carbocycles. The summed E-state index contributed by atoms with van der Waals surface area (Å²) in [6, 6.07) is 7.71. The third-order valence-electron chi connectivity index (χ3n) is 2.06. The first-order chi connectivity index (χ1) is 7.76. The van der Waals surface area contributed by atoms with Gasteiger partial charge in [-0.1, -0.05) is 12.1 Å². The highest BCUT2D eigenvalue weighted by molar-refractivity contribution is 5.85. The molecule has 96 valence electrons. The number of halogens is 1. The van der Waals surface area contributed by atoms with Gasteiger partial charge >= 0.3 is 0 Å². The summed E-state index contributed by atoms with van der Waals surface area (Å²) >= 11 is 0. The summed E-state index contributed by atoms with van der Waals surface area (Å²) in [5, 5.41) is 5.61. The van der Waals surface area contributed by atoms with Crippen LogP contribution in [0.15, 0.2) is 24.3 Å². The minimum atomic E-state index is -0.00335. The number of nitrogens with one attached hydrogen (secondary N) is 2. The van der Waals surface area contributed by atoms with Gasteiger partial charge in [0.25, 0.3) is 0 Å². The van der Waals surface area contributed by atoms with Crippen LogP contribution in [0.5, 0.6) is 5.75 Å². The number of hydrogen-bond donors (Lipinski definition) is 2. The minimum absolute atomic E-state index is 0. The van der Waals surface area contributed by atoms with E-state index in [0.29, 0.717) is 19.7 Å². The van der Waals surface area contributed by atoms with Crippen LogP contribution in [-0.2, 0) is 11.3 Å². The Morgan fingerprint density at radius 2 is 1.94 bits per heavy atom. The molecule has 0 unspecified atom stereocenters. The van der Waals surface area contributed by atoms with Crippen LogP contribution in [0.1, 0.15) is 12.5 Å². The molecule has 0 radical (unpaired) electrons. The van der Waals surface area contributed by atoms with Gasteiger partial charge in [0.1, 0.15) is 5.75 Å².